The van der Waals surface area contributed by atoms with Crippen molar-refractivity contribution in [2.45, 2.75) is 71.8 Å². The fraction of sp³-hybridized carbons (Fsp3) is 0.600. The van der Waals surface area contributed by atoms with Crippen molar-refractivity contribution in [1.29, 1.82) is 0 Å². The molecule has 5 rings (SSSR count). The lowest BCUT2D eigenvalue weighted by molar-refractivity contribution is -0.181. The van der Waals surface area contributed by atoms with Crippen LogP contribution < -0.4 is 0 Å². The summed E-state index contributed by atoms with van der Waals surface area (Å²) in [7, 11) is 0. The molecule has 1 N–H and O–H groups in total. The molecule has 31 heavy (non-hydrogen) atoms. The van der Waals surface area contributed by atoms with Gasteiger partial charge in [-0.25, -0.2) is 9.78 Å². The molecular weight excluding hydrogens is 394 g/mol. The average Bonchev–Trinajstić information content (AvgIpc) is 2.70. The van der Waals surface area contributed by atoms with Crippen LogP contribution in [0.25, 0.3) is 5.57 Å². The second-order valence-corrected chi connectivity index (χ2v) is 11.0. The minimum atomic E-state index is -1.22. The number of pyridine rings is 1. The van der Waals surface area contributed by atoms with Crippen LogP contribution in [0.3, 0.4) is 0 Å². The summed E-state index contributed by atoms with van der Waals surface area (Å²) < 4.78 is 6.45. The summed E-state index contributed by atoms with van der Waals surface area (Å²) in [5.41, 5.74) is 0.828. The molecule has 6 nitrogen and oxygen atoms in total. The zero-order valence-corrected chi connectivity index (χ0v) is 18.6. The standard InChI is InChI=1S/C25H29NO5/c1-23(2)9-5-10-24(3)16(23)8-11-25(4)17(24)12-14-13-6-7-15(22(29)30)26-18(13)19(27)20(28)21(14)31-25/h6-7,16-17H,5,8-12H2,1-4H3,(H,29,30)/t16-,17+,24-,25+/m0/s1. The van der Waals surface area contributed by atoms with Crippen LogP contribution in [0.15, 0.2) is 17.9 Å². The first-order valence-electron chi connectivity index (χ1n) is 11.2. The van der Waals surface area contributed by atoms with Gasteiger partial charge < -0.3 is 9.84 Å². The van der Waals surface area contributed by atoms with Crippen LogP contribution in [0.5, 0.6) is 0 Å². The molecule has 4 aliphatic rings. The van der Waals surface area contributed by atoms with E-state index in [1.54, 1.807) is 6.07 Å². The van der Waals surface area contributed by atoms with Gasteiger partial charge in [0.1, 0.15) is 17.0 Å². The average molecular weight is 424 g/mol. The second kappa shape index (κ2) is 6.27. The van der Waals surface area contributed by atoms with Gasteiger partial charge in [-0.2, -0.15) is 0 Å². The van der Waals surface area contributed by atoms with Gasteiger partial charge in [0, 0.05) is 17.1 Å². The van der Waals surface area contributed by atoms with E-state index in [0.717, 1.165) is 24.8 Å². The molecule has 0 amide bonds. The van der Waals surface area contributed by atoms with E-state index in [2.05, 4.69) is 32.7 Å². The lowest BCUT2D eigenvalue weighted by atomic mass is 9.44. The van der Waals surface area contributed by atoms with E-state index in [9.17, 15) is 19.5 Å². The number of rotatable bonds is 1. The van der Waals surface area contributed by atoms with E-state index in [0.29, 0.717) is 17.9 Å². The number of carbonyl (C=O) groups excluding carboxylic acids is 2. The molecule has 1 aliphatic heterocycles. The Labute approximate surface area is 182 Å². The maximum Gasteiger partial charge on any atom is 0.354 e. The SMILES string of the molecule is CC1(C)CCC[C@]2(C)[C@H]3CC4=C(O[C@]3(C)CC[C@@H]12)C(=O)C(=O)c1nc(C(=O)O)ccc14. The van der Waals surface area contributed by atoms with Gasteiger partial charge in [-0.05, 0) is 67.9 Å². The summed E-state index contributed by atoms with van der Waals surface area (Å²) in [6, 6.07) is 3.02. The zero-order valence-electron chi connectivity index (χ0n) is 18.6. The van der Waals surface area contributed by atoms with Gasteiger partial charge in [-0.15, -0.1) is 0 Å². The number of fused-ring (bicyclic) bond motifs is 5. The lowest BCUT2D eigenvalue weighted by Crippen LogP contribution is -2.60. The fourth-order valence-corrected chi connectivity index (χ4v) is 7.39. The molecule has 0 aromatic carbocycles. The van der Waals surface area contributed by atoms with Crippen molar-refractivity contribution in [2.75, 3.05) is 0 Å². The quantitative estimate of drug-likeness (QED) is 0.659. The number of aromatic carboxylic acids is 1. The highest BCUT2D eigenvalue weighted by Crippen LogP contribution is 2.66. The van der Waals surface area contributed by atoms with E-state index in [-0.39, 0.29) is 33.9 Å². The number of carboxylic acids is 1. The molecule has 3 aliphatic carbocycles. The summed E-state index contributed by atoms with van der Waals surface area (Å²) in [5, 5.41) is 9.28. The maximum atomic E-state index is 13.0. The molecule has 0 radical (unpaired) electrons. The Hall–Kier alpha value is -2.50. The number of carboxylic acid groups (broad SMARTS) is 1. The minimum absolute atomic E-state index is 0.0580. The number of nitrogens with zero attached hydrogens (tertiary/aromatic N) is 1. The Morgan fingerprint density at radius 3 is 2.52 bits per heavy atom. The lowest BCUT2D eigenvalue weighted by Gasteiger charge is -2.63. The number of hydrogen-bond acceptors (Lipinski definition) is 5. The highest BCUT2D eigenvalue weighted by atomic mass is 16.5. The van der Waals surface area contributed by atoms with Gasteiger partial charge in [0.15, 0.2) is 5.76 Å². The molecule has 2 heterocycles. The van der Waals surface area contributed by atoms with Crippen molar-refractivity contribution in [2.24, 2.45) is 22.7 Å². The molecule has 6 heteroatoms. The van der Waals surface area contributed by atoms with E-state index >= 15 is 0 Å². The van der Waals surface area contributed by atoms with E-state index in [1.807, 2.05) is 0 Å². The van der Waals surface area contributed by atoms with Crippen molar-refractivity contribution in [3.05, 3.63) is 34.8 Å². The van der Waals surface area contributed by atoms with Gasteiger partial charge in [0.05, 0.1) is 0 Å². The number of hydrogen-bond donors (Lipinski definition) is 1. The third kappa shape index (κ3) is 2.69. The topological polar surface area (TPSA) is 93.6 Å². The van der Waals surface area contributed by atoms with Gasteiger partial charge in [-0.1, -0.05) is 27.2 Å². The summed E-state index contributed by atoms with van der Waals surface area (Å²) >= 11 is 0. The zero-order chi connectivity index (χ0) is 22.3. The Balaban J connectivity index is 1.64. The first-order chi connectivity index (χ1) is 14.5. The normalized spacial score (nSPS) is 36.0. The molecule has 2 saturated carbocycles. The first-order valence-corrected chi connectivity index (χ1v) is 11.2. The summed E-state index contributed by atoms with van der Waals surface area (Å²) in [4.78, 5) is 41.1. The third-order valence-electron chi connectivity index (χ3n) is 8.82. The highest BCUT2D eigenvalue weighted by molar-refractivity contribution is 6.51. The van der Waals surface area contributed by atoms with E-state index in [4.69, 9.17) is 4.74 Å². The van der Waals surface area contributed by atoms with Crippen LogP contribution in [0, 0.1) is 22.7 Å². The van der Waals surface area contributed by atoms with Crippen molar-refractivity contribution in [3.63, 3.8) is 0 Å². The third-order valence-corrected chi connectivity index (χ3v) is 8.82. The molecule has 164 valence electrons. The van der Waals surface area contributed by atoms with Crippen molar-refractivity contribution in [1.82, 2.24) is 4.98 Å². The van der Waals surface area contributed by atoms with Crippen LogP contribution >= 0.6 is 0 Å². The number of Topliss-reactive ketones (excluding diaryl/α,β-unsaturated/α-hetero) is 2. The minimum Gasteiger partial charge on any atom is -0.483 e. The molecule has 0 spiro atoms. The van der Waals surface area contributed by atoms with Crippen molar-refractivity contribution in [3.8, 4) is 0 Å². The summed E-state index contributed by atoms with van der Waals surface area (Å²) in [6.45, 7) is 9.24. The monoisotopic (exact) mass is 423 g/mol. The molecule has 1 aromatic heterocycles. The van der Waals surface area contributed by atoms with Gasteiger partial charge in [-0.3, -0.25) is 9.59 Å². The summed E-state index contributed by atoms with van der Waals surface area (Å²) in [6.07, 6.45) is 6.10. The van der Waals surface area contributed by atoms with Crippen molar-refractivity contribution < 1.29 is 24.2 Å². The molecule has 4 atom stereocenters. The highest BCUT2D eigenvalue weighted by Gasteiger charge is 2.61. The van der Waals surface area contributed by atoms with Crippen LogP contribution in [-0.2, 0) is 9.53 Å². The number of carbonyl (C=O) groups is 3. The van der Waals surface area contributed by atoms with Crippen LogP contribution in [0.4, 0.5) is 0 Å². The van der Waals surface area contributed by atoms with E-state index in [1.165, 1.54) is 18.9 Å². The molecule has 0 bridgehead atoms. The van der Waals surface area contributed by atoms with E-state index < -0.39 is 23.1 Å². The maximum absolute atomic E-state index is 13.0. The number of aromatic nitrogens is 1. The van der Waals surface area contributed by atoms with Crippen LogP contribution in [0.1, 0.15) is 92.8 Å². The Bertz CT molecular complexity index is 1070. The summed E-state index contributed by atoms with van der Waals surface area (Å²) in [5.74, 6) is -1.76. The van der Waals surface area contributed by atoms with Gasteiger partial charge in [0.2, 0.25) is 0 Å². The van der Waals surface area contributed by atoms with Crippen LogP contribution in [0.2, 0.25) is 0 Å². The Morgan fingerprint density at radius 2 is 1.81 bits per heavy atom. The number of allylic oxidation sites excluding steroid dienone is 2. The van der Waals surface area contributed by atoms with Crippen molar-refractivity contribution >= 4 is 23.1 Å². The van der Waals surface area contributed by atoms with Crippen LogP contribution in [-0.4, -0.2) is 33.2 Å². The predicted molar refractivity (Wildman–Crippen MR) is 114 cm³/mol. The smallest absolute Gasteiger partial charge is 0.354 e. The molecular formula is C25H29NO5. The second-order valence-electron chi connectivity index (χ2n) is 11.0. The predicted octanol–water partition coefficient (Wildman–Crippen LogP) is 4.68. The van der Waals surface area contributed by atoms with Gasteiger partial charge >= 0.3 is 5.97 Å². The molecule has 1 aromatic rings. The largest absolute Gasteiger partial charge is 0.483 e. The molecule has 2 fully saturated rings. The first kappa shape index (κ1) is 20.4. The Kier molecular flexibility index (Phi) is 4.13. The fourth-order valence-electron chi connectivity index (χ4n) is 7.39. The Morgan fingerprint density at radius 1 is 1.06 bits per heavy atom. The molecule has 0 saturated heterocycles. The number of ketones is 2. The molecule has 0 unspecified atom stereocenters. The van der Waals surface area contributed by atoms with Gasteiger partial charge in [0.25, 0.3) is 11.6 Å². The number of ether oxygens (including phenoxy) is 1.